The zero-order valence-corrected chi connectivity index (χ0v) is 18.9. The molecule has 0 radical (unpaired) electrons. The van der Waals surface area contributed by atoms with Crippen molar-refractivity contribution in [2.75, 3.05) is 10.0 Å². The van der Waals surface area contributed by atoms with Crippen molar-refractivity contribution in [2.24, 2.45) is 0 Å². The predicted octanol–water partition coefficient (Wildman–Crippen LogP) is 5.04. The highest BCUT2D eigenvalue weighted by Gasteiger charge is 2.20. The number of halogens is 1. The number of anilines is 2. The third-order valence-corrected chi connectivity index (χ3v) is 6.35. The van der Waals surface area contributed by atoms with E-state index in [1.807, 2.05) is 39.0 Å². The highest BCUT2D eigenvalue weighted by Crippen LogP contribution is 2.21. The molecule has 0 unspecified atom stereocenters. The fourth-order valence-corrected chi connectivity index (χ4v) is 4.00. The van der Waals surface area contributed by atoms with E-state index in [1.54, 1.807) is 0 Å². The lowest BCUT2D eigenvalue weighted by Gasteiger charge is -2.18. The second-order valence-corrected chi connectivity index (χ2v) is 9.07. The average molecular weight is 457 g/mol. The molecule has 2 N–H and O–H groups in total. The quantitative estimate of drug-likeness (QED) is 0.497. The van der Waals surface area contributed by atoms with Crippen LogP contribution in [0.2, 0.25) is 0 Å². The zero-order chi connectivity index (χ0) is 23.3. The summed E-state index contributed by atoms with van der Waals surface area (Å²) >= 11 is 0. The van der Waals surface area contributed by atoms with Crippen LogP contribution in [-0.2, 0) is 14.8 Å². The normalized spacial score (nSPS) is 12.1. The van der Waals surface area contributed by atoms with Gasteiger partial charge < -0.3 is 10.1 Å². The van der Waals surface area contributed by atoms with Crippen molar-refractivity contribution in [3.05, 3.63) is 83.7 Å². The fourth-order valence-electron chi connectivity index (χ4n) is 2.95. The summed E-state index contributed by atoms with van der Waals surface area (Å²) in [4.78, 5) is 12.7. The molecule has 0 spiro atoms. The molecule has 0 aliphatic carbocycles. The first kappa shape index (κ1) is 23.3. The van der Waals surface area contributed by atoms with Crippen LogP contribution in [0.15, 0.2) is 71.6 Å². The summed E-state index contributed by atoms with van der Waals surface area (Å²) in [6.45, 7) is 5.83. The van der Waals surface area contributed by atoms with Crippen molar-refractivity contribution in [3.8, 4) is 5.75 Å². The number of sulfonamides is 1. The number of hydrogen-bond acceptors (Lipinski definition) is 4. The van der Waals surface area contributed by atoms with Crippen LogP contribution in [0.25, 0.3) is 0 Å². The van der Waals surface area contributed by atoms with Crippen LogP contribution in [0, 0.1) is 19.7 Å². The van der Waals surface area contributed by atoms with E-state index in [-0.39, 0.29) is 16.5 Å². The van der Waals surface area contributed by atoms with E-state index in [1.165, 1.54) is 48.5 Å². The van der Waals surface area contributed by atoms with Crippen molar-refractivity contribution in [1.29, 1.82) is 0 Å². The maximum absolute atomic E-state index is 13.0. The average Bonchev–Trinajstić information content (AvgIpc) is 2.76. The van der Waals surface area contributed by atoms with Gasteiger partial charge in [-0.3, -0.25) is 9.52 Å². The van der Waals surface area contributed by atoms with Gasteiger partial charge in [-0.15, -0.1) is 0 Å². The second kappa shape index (κ2) is 9.82. The SMILES string of the molecule is CC[C@H](Oc1ccc(C)c(C)c1)C(=O)Nc1ccc(S(=O)(=O)Nc2ccc(F)cc2)cc1. The fraction of sp³-hybridized carbons (Fsp3) is 0.208. The number of nitrogens with one attached hydrogen (secondary N) is 2. The highest BCUT2D eigenvalue weighted by atomic mass is 32.2. The molecule has 6 nitrogen and oxygen atoms in total. The number of ether oxygens (including phenoxy) is 1. The zero-order valence-electron chi connectivity index (χ0n) is 18.1. The van der Waals surface area contributed by atoms with Gasteiger partial charge in [0.1, 0.15) is 11.6 Å². The van der Waals surface area contributed by atoms with Gasteiger partial charge >= 0.3 is 0 Å². The van der Waals surface area contributed by atoms with Gasteiger partial charge in [0.15, 0.2) is 6.10 Å². The number of rotatable bonds is 8. The topological polar surface area (TPSA) is 84.5 Å². The lowest BCUT2D eigenvalue weighted by atomic mass is 10.1. The van der Waals surface area contributed by atoms with Gasteiger partial charge in [0.25, 0.3) is 15.9 Å². The first-order valence-corrected chi connectivity index (χ1v) is 11.6. The van der Waals surface area contributed by atoms with Crippen LogP contribution in [-0.4, -0.2) is 20.4 Å². The first-order chi connectivity index (χ1) is 15.2. The summed E-state index contributed by atoms with van der Waals surface area (Å²) in [7, 11) is -3.85. The molecular formula is C24H25FN2O4S. The van der Waals surface area contributed by atoms with Crippen LogP contribution in [0.3, 0.4) is 0 Å². The molecule has 0 fully saturated rings. The molecule has 0 aliphatic rings. The summed E-state index contributed by atoms with van der Waals surface area (Å²) in [6, 6.07) is 16.4. The van der Waals surface area contributed by atoms with Crippen LogP contribution < -0.4 is 14.8 Å². The Balaban J connectivity index is 1.66. The summed E-state index contributed by atoms with van der Waals surface area (Å²) in [5.41, 5.74) is 2.90. The van der Waals surface area contributed by atoms with Gasteiger partial charge in [-0.05, 0) is 92.1 Å². The molecule has 1 amide bonds. The van der Waals surface area contributed by atoms with Crippen LogP contribution in [0.1, 0.15) is 24.5 Å². The molecule has 168 valence electrons. The molecule has 1 atom stereocenters. The smallest absolute Gasteiger partial charge is 0.265 e. The molecular weight excluding hydrogens is 431 g/mol. The molecule has 32 heavy (non-hydrogen) atoms. The van der Waals surface area contributed by atoms with E-state index in [4.69, 9.17) is 4.74 Å². The molecule has 0 aliphatic heterocycles. The van der Waals surface area contributed by atoms with Crippen molar-refractivity contribution >= 4 is 27.3 Å². The molecule has 0 heterocycles. The maximum atomic E-state index is 13.0. The largest absolute Gasteiger partial charge is 0.481 e. The summed E-state index contributed by atoms with van der Waals surface area (Å²) in [5, 5.41) is 2.75. The van der Waals surface area contributed by atoms with Gasteiger partial charge in [0.05, 0.1) is 4.90 Å². The molecule has 0 saturated heterocycles. The number of carbonyl (C=O) groups excluding carboxylic acids is 1. The van der Waals surface area contributed by atoms with E-state index in [0.29, 0.717) is 17.9 Å². The van der Waals surface area contributed by atoms with Crippen molar-refractivity contribution in [2.45, 2.75) is 38.2 Å². The van der Waals surface area contributed by atoms with Gasteiger partial charge in [-0.1, -0.05) is 13.0 Å². The molecule has 0 bridgehead atoms. The number of amides is 1. The number of hydrogen-bond donors (Lipinski definition) is 2. The Morgan fingerprint density at radius 3 is 2.16 bits per heavy atom. The molecule has 0 aromatic heterocycles. The minimum atomic E-state index is -3.85. The summed E-state index contributed by atoms with van der Waals surface area (Å²) in [5.74, 6) is -0.172. The molecule has 3 aromatic rings. The van der Waals surface area contributed by atoms with Gasteiger partial charge in [0.2, 0.25) is 0 Å². The molecule has 8 heteroatoms. The highest BCUT2D eigenvalue weighted by molar-refractivity contribution is 7.92. The molecule has 0 saturated carbocycles. The van der Waals surface area contributed by atoms with E-state index in [9.17, 15) is 17.6 Å². The Hall–Kier alpha value is -3.39. The monoisotopic (exact) mass is 456 g/mol. The third-order valence-electron chi connectivity index (χ3n) is 4.95. The lowest BCUT2D eigenvalue weighted by molar-refractivity contribution is -0.122. The van der Waals surface area contributed by atoms with E-state index in [0.717, 1.165) is 11.1 Å². The standard InChI is InChI=1S/C24H25FN2O4S/c1-4-23(31-21-12-5-16(2)17(3)15-21)24(28)26-19-10-13-22(14-11-19)32(29,30)27-20-8-6-18(25)7-9-20/h5-15,23,27H,4H2,1-3H3,(H,26,28)/t23-/m0/s1. The Morgan fingerprint density at radius 2 is 1.56 bits per heavy atom. The summed E-state index contributed by atoms with van der Waals surface area (Å²) in [6.07, 6.45) is -0.229. The number of benzene rings is 3. The first-order valence-electron chi connectivity index (χ1n) is 10.1. The Kier molecular flexibility index (Phi) is 7.15. The van der Waals surface area contributed by atoms with Crippen LogP contribution in [0.4, 0.5) is 15.8 Å². The molecule has 3 aromatic carbocycles. The van der Waals surface area contributed by atoms with Gasteiger partial charge in [-0.25, -0.2) is 12.8 Å². The maximum Gasteiger partial charge on any atom is 0.265 e. The van der Waals surface area contributed by atoms with Crippen LogP contribution >= 0.6 is 0 Å². The van der Waals surface area contributed by atoms with Crippen molar-refractivity contribution in [1.82, 2.24) is 0 Å². The minimum absolute atomic E-state index is 0.0123. The lowest BCUT2D eigenvalue weighted by Crippen LogP contribution is -2.32. The number of aryl methyl sites for hydroxylation is 2. The minimum Gasteiger partial charge on any atom is -0.481 e. The predicted molar refractivity (Wildman–Crippen MR) is 123 cm³/mol. The third kappa shape index (κ3) is 5.85. The van der Waals surface area contributed by atoms with E-state index >= 15 is 0 Å². The Morgan fingerprint density at radius 1 is 0.938 bits per heavy atom. The summed E-state index contributed by atoms with van der Waals surface area (Å²) < 4.78 is 46.3. The Labute approximate surface area is 187 Å². The van der Waals surface area contributed by atoms with Crippen molar-refractivity contribution < 1.29 is 22.3 Å². The van der Waals surface area contributed by atoms with Gasteiger partial charge in [-0.2, -0.15) is 0 Å². The number of carbonyl (C=O) groups is 1. The molecule has 3 rings (SSSR count). The van der Waals surface area contributed by atoms with Gasteiger partial charge in [0, 0.05) is 11.4 Å². The second-order valence-electron chi connectivity index (χ2n) is 7.39. The van der Waals surface area contributed by atoms with E-state index in [2.05, 4.69) is 10.0 Å². The Bertz CT molecular complexity index is 1190. The van der Waals surface area contributed by atoms with Crippen LogP contribution in [0.5, 0.6) is 5.75 Å². The van der Waals surface area contributed by atoms with Crippen molar-refractivity contribution in [3.63, 3.8) is 0 Å². The van der Waals surface area contributed by atoms with E-state index < -0.39 is 21.9 Å².